The summed E-state index contributed by atoms with van der Waals surface area (Å²) >= 11 is 0. The van der Waals surface area contributed by atoms with Gasteiger partial charge in [-0.25, -0.2) is 4.98 Å². The van der Waals surface area contributed by atoms with E-state index in [1.54, 1.807) is 18.4 Å². The van der Waals surface area contributed by atoms with E-state index < -0.39 is 6.85 Å². The molecule has 2 heterocycles. The SMILES string of the molecule is [2H]C([2H])([2H])c1ccc2c(-c3nc4ccccc4n3Cc3c(C(C)C)cccc3C(C)C)coc2c1. The quantitative estimate of drug-likeness (QED) is 0.285. The smallest absolute Gasteiger partial charge is 0.145 e. The van der Waals surface area contributed by atoms with Crippen LogP contribution in [0, 0.1) is 6.85 Å². The summed E-state index contributed by atoms with van der Waals surface area (Å²) in [4.78, 5) is 5.01. The summed E-state index contributed by atoms with van der Waals surface area (Å²) in [5.74, 6) is 1.62. The predicted octanol–water partition coefficient (Wildman–Crippen LogP) is 8.05. The first-order chi connectivity index (χ1) is 16.6. The van der Waals surface area contributed by atoms with Gasteiger partial charge in [-0.15, -0.1) is 0 Å². The van der Waals surface area contributed by atoms with E-state index in [1.165, 1.54) is 16.7 Å². The highest BCUT2D eigenvalue weighted by atomic mass is 16.3. The minimum absolute atomic E-state index is 0.270. The van der Waals surface area contributed by atoms with Gasteiger partial charge >= 0.3 is 0 Å². The van der Waals surface area contributed by atoms with E-state index in [-0.39, 0.29) is 5.56 Å². The topological polar surface area (TPSA) is 31.0 Å². The molecule has 0 amide bonds. The molecule has 2 aromatic heterocycles. The maximum absolute atomic E-state index is 7.74. The van der Waals surface area contributed by atoms with Crippen LogP contribution in [-0.4, -0.2) is 9.55 Å². The van der Waals surface area contributed by atoms with Crippen molar-refractivity contribution < 1.29 is 8.53 Å². The lowest BCUT2D eigenvalue weighted by atomic mass is 9.88. The number of para-hydroxylation sites is 2. The normalized spacial score (nSPS) is 13.8. The lowest BCUT2D eigenvalue weighted by molar-refractivity contribution is 0.615. The number of hydrogen-bond acceptors (Lipinski definition) is 2. The minimum atomic E-state index is -2.18. The van der Waals surface area contributed by atoms with Crippen molar-refractivity contribution in [3.05, 3.63) is 89.2 Å². The van der Waals surface area contributed by atoms with Crippen LogP contribution in [-0.2, 0) is 6.54 Å². The third-order valence-corrected chi connectivity index (χ3v) is 6.28. The zero-order valence-corrected chi connectivity index (χ0v) is 19.0. The van der Waals surface area contributed by atoms with Gasteiger partial charge in [-0.1, -0.05) is 70.2 Å². The van der Waals surface area contributed by atoms with E-state index in [4.69, 9.17) is 13.5 Å². The molecule has 3 nitrogen and oxygen atoms in total. The Morgan fingerprint density at radius 3 is 2.41 bits per heavy atom. The largest absolute Gasteiger partial charge is 0.464 e. The number of nitrogens with zero attached hydrogens (tertiary/aromatic N) is 2. The Balaban J connectivity index is 1.73. The molecule has 0 N–H and O–H groups in total. The molecule has 0 atom stereocenters. The molecule has 5 rings (SSSR count). The van der Waals surface area contributed by atoms with E-state index >= 15 is 0 Å². The van der Waals surface area contributed by atoms with Crippen molar-refractivity contribution in [2.75, 3.05) is 0 Å². The van der Waals surface area contributed by atoms with E-state index in [1.807, 2.05) is 24.3 Å². The first-order valence-corrected chi connectivity index (χ1v) is 11.2. The molecule has 0 radical (unpaired) electrons. The molecule has 0 spiro atoms. The average Bonchev–Trinajstić information content (AvgIpc) is 3.39. The van der Waals surface area contributed by atoms with Gasteiger partial charge < -0.3 is 8.98 Å². The molecule has 0 aliphatic rings. The summed E-state index contributed by atoms with van der Waals surface area (Å²) < 4.78 is 31.3. The second-order valence-corrected chi connectivity index (χ2v) is 9.10. The summed E-state index contributed by atoms with van der Waals surface area (Å²) in [6.07, 6.45) is 1.70. The fourth-order valence-electron chi connectivity index (χ4n) is 4.69. The van der Waals surface area contributed by atoms with Crippen molar-refractivity contribution in [3.63, 3.8) is 0 Å². The van der Waals surface area contributed by atoms with Crippen LogP contribution in [0.4, 0.5) is 0 Å². The Morgan fingerprint density at radius 2 is 1.69 bits per heavy atom. The summed E-state index contributed by atoms with van der Waals surface area (Å²) in [5.41, 5.74) is 7.69. The molecule has 0 saturated heterocycles. The van der Waals surface area contributed by atoms with Crippen molar-refractivity contribution in [1.29, 1.82) is 0 Å². The molecule has 0 bridgehead atoms. The Bertz CT molecular complexity index is 1500. The second kappa shape index (κ2) is 7.98. The first kappa shape index (κ1) is 17.3. The first-order valence-electron chi connectivity index (χ1n) is 12.7. The predicted molar refractivity (Wildman–Crippen MR) is 133 cm³/mol. The highest BCUT2D eigenvalue weighted by Gasteiger charge is 2.20. The fourth-order valence-corrected chi connectivity index (χ4v) is 4.69. The molecule has 0 aliphatic carbocycles. The molecule has 3 heteroatoms. The molecular weight excluding hydrogens is 392 g/mol. The molecule has 0 saturated carbocycles. The zero-order valence-electron chi connectivity index (χ0n) is 22.0. The fraction of sp³-hybridized carbons (Fsp3) is 0.276. The highest BCUT2D eigenvalue weighted by Crippen LogP contribution is 2.35. The average molecular weight is 426 g/mol. The number of fused-ring (bicyclic) bond motifs is 2. The molecule has 3 aromatic carbocycles. The molecule has 32 heavy (non-hydrogen) atoms. The van der Waals surface area contributed by atoms with Crippen molar-refractivity contribution in [1.82, 2.24) is 9.55 Å². The van der Waals surface area contributed by atoms with Crippen LogP contribution in [0.3, 0.4) is 0 Å². The summed E-state index contributed by atoms with van der Waals surface area (Å²) in [5, 5.41) is 0.857. The Hall–Kier alpha value is -3.33. The summed E-state index contributed by atoms with van der Waals surface area (Å²) in [6.45, 7) is 7.47. The van der Waals surface area contributed by atoms with E-state index in [2.05, 4.69) is 56.5 Å². The molecule has 0 aliphatic heterocycles. The van der Waals surface area contributed by atoms with Gasteiger partial charge in [-0.05, 0) is 59.1 Å². The van der Waals surface area contributed by atoms with Gasteiger partial charge in [0.25, 0.3) is 0 Å². The van der Waals surface area contributed by atoms with Gasteiger partial charge in [-0.3, -0.25) is 0 Å². The molecule has 162 valence electrons. The van der Waals surface area contributed by atoms with Crippen LogP contribution in [0.1, 0.15) is 65.9 Å². The second-order valence-electron chi connectivity index (χ2n) is 9.10. The van der Waals surface area contributed by atoms with Crippen LogP contribution in [0.25, 0.3) is 33.4 Å². The van der Waals surface area contributed by atoms with E-state index in [9.17, 15) is 0 Å². The number of imidazole rings is 1. The van der Waals surface area contributed by atoms with Crippen LogP contribution in [0.15, 0.2) is 71.3 Å². The van der Waals surface area contributed by atoms with Crippen molar-refractivity contribution in [2.24, 2.45) is 0 Å². The lowest BCUT2D eigenvalue weighted by Gasteiger charge is -2.21. The number of rotatable bonds is 5. The zero-order chi connectivity index (χ0) is 24.9. The highest BCUT2D eigenvalue weighted by molar-refractivity contribution is 5.94. The Morgan fingerprint density at radius 1 is 0.938 bits per heavy atom. The monoisotopic (exact) mass is 425 g/mol. The van der Waals surface area contributed by atoms with E-state index in [0.717, 1.165) is 27.8 Å². The van der Waals surface area contributed by atoms with Crippen LogP contribution >= 0.6 is 0 Å². The van der Waals surface area contributed by atoms with Gasteiger partial charge in [-0.2, -0.15) is 0 Å². The summed E-state index contributed by atoms with van der Waals surface area (Å²) in [6, 6.07) is 19.9. The molecule has 5 aromatic rings. The third kappa shape index (κ3) is 3.42. The van der Waals surface area contributed by atoms with Gasteiger partial charge in [0.15, 0.2) is 0 Å². The maximum atomic E-state index is 7.74. The van der Waals surface area contributed by atoms with Gasteiger partial charge in [0.2, 0.25) is 0 Å². The van der Waals surface area contributed by atoms with Crippen molar-refractivity contribution in [3.8, 4) is 11.4 Å². The van der Waals surface area contributed by atoms with Crippen molar-refractivity contribution in [2.45, 2.75) is 52.9 Å². The maximum Gasteiger partial charge on any atom is 0.145 e. The van der Waals surface area contributed by atoms with E-state index in [0.29, 0.717) is 24.0 Å². The molecule has 0 unspecified atom stereocenters. The number of benzene rings is 3. The lowest BCUT2D eigenvalue weighted by Crippen LogP contribution is -2.10. The number of furan rings is 1. The van der Waals surface area contributed by atoms with Gasteiger partial charge in [0, 0.05) is 9.50 Å². The van der Waals surface area contributed by atoms with Crippen molar-refractivity contribution >= 4 is 22.0 Å². The molecule has 0 fully saturated rings. The van der Waals surface area contributed by atoms with Crippen LogP contribution in [0.2, 0.25) is 0 Å². The summed E-state index contributed by atoms with van der Waals surface area (Å²) in [7, 11) is 0. The Labute approximate surface area is 193 Å². The van der Waals surface area contributed by atoms with Gasteiger partial charge in [0.05, 0.1) is 23.1 Å². The van der Waals surface area contributed by atoms with Crippen LogP contribution < -0.4 is 0 Å². The van der Waals surface area contributed by atoms with Gasteiger partial charge in [0.1, 0.15) is 17.7 Å². The standard InChI is InChI=1S/C29H30N2O/c1-18(2)21-9-8-10-22(19(3)4)24(21)16-31-27-12-7-6-11-26(27)30-29(31)25-17-32-28-15-20(5)13-14-23(25)28/h6-15,17-19H,16H2,1-5H3/i5D3. The molecular formula is C29H30N2O. The minimum Gasteiger partial charge on any atom is -0.464 e. The van der Waals surface area contributed by atoms with Crippen LogP contribution in [0.5, 0.6) is 0 Å². The number of aromatic nitrogens is 2. The third-order valence-electron chi connectivity index (χ3n) is 6.28. The number of hydrogen-bond donors (Lipinski definition) is 0. The number of aryl methyl sites for hydroxylation is 1. The Kier molecular flexibility index (Phi) is 4.30.